The minimum absolute atomic E-state index is 0.253. The van der Waals surface area contributed by atoms with Crippen LogP contribution in [0.1, 0.15) is 82.6 Å². The first kappa shape index (κ1) is 19.2. The van der Waals surface area contributed by atoms with Crippen LogP contribution in [0.25, 0.3) is 0 Å². The summed E-state index contributed by atoms with van der Waals surface area (Å²) in [7, 11) is 0. The molecule has 0 N–H and O–H groups in total. The molecule has 1 saturated heterocycles. The third kappa shape index (κ3) is 4.40. The van der Waals surface area contributed by atoms with Crippen molar-refractivity contribution in [3.05, 3.63) is 23.8 Å². The zero-order valence-electron chi connectivity index (χ0n) is 17.4. The smallest absolute Gasteiger partial charge is 0.168 e. The van der Waals surface area contributed by atoms with Gasteiger partial charge in [0.15, 0.2) is 17.1 Å². The molecular weight excluding hydrogens is 366 g/mol. The summed E-state index contributed by atoms with van der Waals surface area (Å²) in [5, 5.41) is 4.42. The van der Waals surface area contributed by atoms with Crippen LogP contribution in [0.4, 0.5) is 0 Å². The van der Waals surface area contributed by atoms with Gasteiger partial charge >= 0.3 is 0 Å². The van der Waals surface area contributed by atoms with Crippen LogP contribution in [0.5, 0.6) is 11.5 Å². The predicted octanol–water partition coefficient (Wildman–Crippen LogP) is 5.39. The van der Waals surface area contributed by atoms with Crippen molar-refractivity contribution in [2.24, 2.45) is 5.16 Å². The molecule has 0 radical (unpaired) electrons. The highest BCUT2D eigenvalue weighted by Crippen LogP contribution is 2.38. The lowest BCUT2D eigenvalue weighted by molar-refractivity contribution is -0.0237. The van der Waals surface area contributed by atoms with Gasteiger partial charge in [-0.2, -0.15) is 0 Å². The standard InChI is InChI=1S/C24H33NO4/c1-2-4-8-20(7-3-1)28-23-15-18(11-12-22(23)27-19-9-5-6-10-19)21-16-24(29-25-21)13-14-26-17-24/h11-12,15,19-20H,1-10,13-14,16-17H2. The van der Waals surface area contributed by atoms with Gasteiger partial charge in [0, 0.05) is 18.4 Å². The topological polar surface area (TPSA) is 49.3 Å². The summed E-state index contributed by atoms with van der Waals surface area (Å²) in [5.74, 6) is 1.77. The van der Waals surface area contributed by atoms with Crippen LogP contribution in [0.15, 0.2) is 23.4 Å². The molecule has 0 bridgehead atoms. The molecule has 5 heteroatoms. The lowest BCUT2D eigenvalue weighted by atomic mass is 9.93. The molecule has 0 aromatic heterocycles. The number of rotatable bonds is 5. The van der Waals surface area contributed by atoms with Gasteiger partial charge in [-0.05, 0) is 69.6 Å². The van der Waals surface area contributed by atoms with Crippen molar-refractivity contribution in [3.63, 3.8) is 0 Å². The molecule has 3 fully saturated rings. The number of ether oxygens (including phenoxy) is 3. The van der Waals surface area contributed by atoms with Gasteiger partial charge in [0.1, 0.15) is 0 Å². The molecule has 29 heavy (non-hydrogen) atoms. The van der Waals surface area contributed by atoms with Gasteiger partial charge in [-0.15, -0.1) is 0 Å². The van der Waals surface area contributed by atoms with Crippen LogP contribution >= 0.6 is 0 Å². The molecule has 1 unspecified atom stereocenters. The summed E-state index contributed by atoms with van der Waals surface area (Å²) in [5.41, 5.74) is 1.82. The second kappa shape index (κ2) is 8.55. The van der Waals surface area contributed by atoms with E-state index in [-0.39, 0.29) is 11.7 Å². The molecule has 1 aromatic rings. The molecule has 1 aromatic carbocycles. The minimum Gasteiger partial charge on any atom is -0.487 e. The number of benzene rings is 1. The molecular formula is C24H33NO4. The SMILES string of the molecule is c1cc(OC2CCCC2)c(OC2CCCCCC2)cc1C1=NOC2(CCOC2)C1. The van der Waals surface area contributed by atoms with Crippen molar-refractivity contribution in [3.8, 4) is 11.5 Å². The molecule has 5 rings (SSSR count). The van der Waals surface area contributed by atoms with E-state index in [1.54, 1.807) is 0 Å². The highest BCUT2D eigenvalue weighted by molar-refractivity contribution is 6.02. The van der Waals surface area contributed by atoms with E-state index in [2.05, 4.69) is 23.4 Å². The molecule has 4 aliphatic rings. The molecule has 2 aliphatic heterocycles. The van der Waals surface area contributed by atoms with E-state index in [0.29, 0.717) is 12.7 Å². The largest absolute Gasteiger partial charge is 0.487 e. The summed E-state index contributed by atoms with van der Waals surface area (Å²) in [6.45, 7) is 1.39. The molecule has 5 nitrogen and oxygen atoms in total. The van der Waals surface area contributed by atoms with Crippen LogP contribution in [0.2, 0.25) is 0 Å². The van der Waals surface area contributed by atoms with E-state index in [1.807, 2.05) is 0 Å². The molecule has 2 aliphatic carbocycles. The summed E-state index contributed by atoms with van der Waals surface area (Å²) in [6.07, 6.45) is 14.6. The zero-order chi connectivity index (χ0) is 19.5. The Morgan fingerprint density at radius 1 is 0.862 bits per heavy atom. The van der Waals surface area contributed by atoms with Gasteiger partial charge in [-0.1, -0.05) is 18.0 Å². The van der Waals surface area contributed by atoms with Crippen molar-refractivity contribution in [2.45, 2.75) is 94.9 Å². The molecule has 2 heterocycles. The first-order chi connectivity index (χ1) is 14.3. The van der Waals surface area contributed by atoms with Crippen LogP contribution in [-0.2, 0) is 9.57 Å². The van der Waals surface area contributed by atoms with Gasteiger partial charge in [-0.25, -0.2) is 0 Å². The lowest BCUT2D eigenvalue weighted by Crippen LogP contribution is -2.29. The number of hydrogen-bond acceptors (Lipinski definition) is 5. The van der Waals surface area contributed by atoms with Crippen molar-refractivity contribution in [2.75, 3.05) is 13.2 Å². The highest BCUT2D eigenvalue weighted by atomic mass is 16.7. The summed E-state index contributed by atoms with van der Waals surface area (Å²) >= 11 is 0. The molecule has 1 spiro atoms. The Balaban J connectivity index is 1.36. The lowest BCUT2D eigenvalue weighted by Gasteiger charge is -2.22. The molecule has 0 amide bonds. The fourth-order valence-electron chi connectivity index (χ4n) is 5.08. The Morgan fingerprint density at radius 3 is 2.24 bits per heavy atom. The quantitative estimate of drug-likeness (QED) is 0.623. The van der Waals surface area contributed by atoms with Crippen LogP contribution in [0.3, 0.4) is 0 Å². The average molecular weight is 400 g/mol. The Morgan fingerprint density at radius 2 is 1.55 bits per heavy atom. The van der Waals surface area contributed by atoms with Gasteiger partial charge < -0.3 is 19.0 Å². The third-order valence-corrected chi connectivity index (χ3v) is 6.87. The normalized spacial score (nSPS) is 28.3. The monoisotopic (exact) mass is 399 g/mol. The van der Waals surface area contributed by atoms with Crippen LogP contribution in [0, 0.1) is 0 Å². The van der Waals surface area contributed by atoms with Crippen molar-refractivity contribution < 1.29 is 19.0 Å². The van der Waals surface area contributed by atoms with Crippen molar-refractivity contribution in [1.82, 2.24) is 0 Å². The van der Waals surface area contributed by atoms with E-state index >= 15 is 0 Å². The van der Waals surface area contributed by atoms with Crippen LogP contribution in [-0.4, -0.2) is 36.7 Å². The average Bonchev–Trinajstić information content (AvgIpc) is 3.46. The van der Waals surface area contributed by atoms with Crippen LogP contribution < -0.4 is 9.47 Å². The summed E-state index contributed by atoms with van der Waals surface area (Å²) < 4.78 is 18.5. The fourth-order valence-corrected chi connectivity index (χ4v) is 5.08. The second-order valence-electron chi connectivity index (χ2n) is 9.21. The van der Waals surface area contributed by atoms with E-state index in [0.717, 1.165) is 67.9 Å². The predicted molar refractivity (Wildman–Crippen MR) is 112 cm³/mol. The fraction of sp³-hybridized carbons (Fsp3) is 0.708. The first-order valence-corrected chi connectivity index (χ1v) is 11.6. The van der Waals surface area contributed by atoms with Gasteiger partial charge in [0.2, 0.25) is 0 Å². The Hall–Kier alpha value is -1.75. The third-order valence-electron chi connectivity index (χ3n) is 6.87. The highest BCUT2D eigenvalue weighted by Gasteiger charge is 2.43. The number of nitrogens with zero attached hydrogens (tertiary/aromatic N) is 1. The second-order valence-corrected chi connectivity index (χ2v) is 9.21. The molecule has 2 saturated carbocycles. The maximum Gasteiger partial charge on any atom is 0.168 e. The minimum atomic E-state index is -0.253. The van der Waals surface area contributed by atoms with E-state index in [1.165, 1.54) is 38.5 Å². The Bertz CT molecular complexity index is 726. The van der Waals surface area contributed by atoms with Crippen molar-refractivity contribution >= 4 is 5.71 Å². The van der Waals surface area contributed by atoms with Gasteiger partial charge in [-0.3, -0.25) is 0 Å². The number of oxime groups is 1. The van der Waals surface area contributed by atoms with Crippen molar-refractivity contribution in [1.29, 1.82) is 0 Å². The summed E-state index contributed by atoms with van der Waals surface area (Å²) in [4.78, 5) is 5.80. The van der Waals surface area contributed by atoms with Gasteiger partial charge in [0.25, 0.3) is 0 Å². The van der Waals surface area contributed by atoms with E-state index in [4.69, 9.17) is 19.0 Å². The Labute approximate surface area is 173 Å². The maximum absolute atomic E-state index is 6.55. The van der Waals surface area contributed by atoms with E-state index < -0.39 is 0 Å². The molecule has 158 valence electrons. The Kier molecular flexibility index (Phi) is 5.67. The molecule has 1 atom stereocenters. The first-order valence-electron chi connectivity index (χ1n) is 11.6. The van der Waals surface area contributed by atoms with E-state index in [9.17, 15) is 0 Å². The van der Waals surface area contributed by atoms with Gasteiger partial charge in [0.05, 0.1) is 31.1 Å². The maximum atomic E-state index is 6.55. The number of hydrogen-bond donors (Lipinski definition) is 0. The summed E-state index contributed by atoms with van der Waals surface area (Å²) in [6, 6.07) is 6.33. The zero-order valence-corrected chi connectivity index (χ0v) is 17.4.